The molecule has 1 atom stereocenters. The van der Waals surface area contributed by atoms with E-state index in [0.29, 0.717) is 5.82 Å². The first kappa shape index (κ1) is 14.2. The predicted molar refractivity (Wildman–Crippen MR) is 77.5 cm³/mol. The van der Waals surface area contributed by atoms with E-state index in [1.54, 1.807) is 6.20 Å². The van der Waals surface area contributed by atoms with Crippen molar-refractivity contribution in [2.45, 2.75) is 19.4 Å². The second-order valence-electron chi connectivity index (χ2n) is 3.97. The van der Waals surface area contributed by atoms with E-state index < -0.39 is 4.92 Å². The molecule has 9 heteroatoms. The van der Waals surface area contributed by atoms with Crippen LogP contribution in [0.4, 0.5) is 17.3 Å². The molecular formula is C11H14N6O2S. The third-order valence-corrected chi connectivity index (χ3v) is 3.54. The molecule has 20 heavy (non-hydrogen) atoms. The van der Waals surface area contributed by atoms with Crippen molar-refractivity contribution in [3.63, 3.8) is 0 Å². The summed E-state index contributed by atoms with van der Waals surface area (Å²) in [5.74, 6) is 5.89. The second-order valence-corrected chi connectivity index (χ2v) is 4.90. The molecule has 0 radical (unpaired) electrons. The average molecular weight is 294 g/mol. The summed E-state index contributed by atoms with van der Waals surface area (Å²) in [6.45, 7) is 2.00. The Balaban J connectivity index is 2.27. The highest BCUT2D eigenvalue weighted by molar-refractivity contribution is 7.09. The van der Waals surface area contributed by atoms with Crippen LogP contribution < -0.4 is 16.6 Å². The Kier molecular flexibility index (Phi) is 4.43. The Morgan fingerprint density at radius 2 is 2.25 bits per heavy atom. The molecule has 0 fully saturated rings. The van der Waals surface area contributed by atoms with Crippen molar-refractivity contribution in [2.24, 2.45) is 5.84 Å². The van der Waals surface area contributed by atoms with Gasteiger partial charge >= 0.3 is 0 Å². The molecule has 2 aromatic heterocycles. The lowest BCUT2D eigenvalue weighted by molar-refractivity contribution is -0.384. The fourth-order valence-corrected chi connectivity index (χ4v) is 2.47. The van der Waals surface area contributed by atoms with Crippen molar-refractivity contribution in [3.05, 3.63) is 38.8 Å². The number of nitro groups is 1. The summed E-state index contributed by atoms with van der Waals surface area (Å²) < 4.78 is 0. The lowest BCUT2D eigenvalue weighted by Gasteiger charge is -2.15. The van der Waals surface area contributed by atoms with Crippen LogP contribution in [0.3, 0.4) is 0 Å². The SMILES string of the molecule is CCC(Nc1cc([N+](=O)[O-])cc(NN)n1)c1nccs1. The van der Waals surface area contributed by atoms with Crippen LogP contribution >= 0.6 is 11.3 Å². The minimum absolute atomic E-state index is 0.0462. The first-order valence-corrected chi connectivity index (χ1v) is 6.81. The summed E-state index contributed by atoms with van der Waals surface area (Å²) in [6, 6.07) is 2.60. The Bertz CT molecular complexity index is 589. The highest BCUT2D eigenvalue weighted by Crippen LogP contribution is 2.26. The first-order valence-electron chi connectivity index (χ1n) is 5.93. The predicted octanol–water partition coefficient (Wildman–Crippen LogP) is 2.30. The van der Waals surface area contributed by atoms with E-state index in [2.05, 4.69) is 20.7 Å². The van der Waals surface area contributed by atoms with Crippen molar-refractivity contribution in [2.75, 3.05) is 10.7 Å². The van der Waals surface area contributed by atoms with Crippen LogP contribution in [-0.2, 0) is 0 Å². The standard InChI is InChI=1S/C11H14N6O2S/c1-2-8(11-13-3-4-20-11)14-9-5-7(17(18)19)6-10(15-9)16-12/h3-6,8H,2,12H2,1H3,(H2,14,15,16). The molecule has 4 N–H and O–H groups in total. The molecule has 0 aliphatic carbocycles. The second kappa shape index (κ2) is 6.26. The van der Waals surface area contributed by atoms with E-state index in [1.807, 2.05) is 12.3 Å². The van der Waals surface area contributed by atoms with Gasteiger partial charge in [-0.2, -0.15) is 0 Å². The number of hydrazine groups is 1. The zero-order valence-electron chi connectivity index (χ0n) is 10.7. The smallest absolute Gasteiger partial charge is 0.276 e. The van der Waals surface area contributed by atoms with Crippen molar-refractivity contribution in [1.29, 1.82) is 0 Å². The maximum atomic E-state index is 10.9. The fourth-order valence-electron chi connectivity index (χ4n) is 1.69. The molecule has 0 aromatic carbocycles. The van der Waals surface area contributed by atoms with E-state index in [1.165, 1.54) is 23.5 Å². The Morgan fingerprint density at radius 3 is 2.80 bits per heavy atom. The average Bonchev–Trinajstić information content (AvgIpc) is 2.98. The summed E-state index contributed by atoms with van der Waals surface area (Å²) in [4.78, 5) is 18.8. The maximum Gasteiger partial charge on any atom is 0.276 e. The fraction of sp³-hybridized carbons (Fsp3) is 0.273. The molecular weight excluding hydrogens is 280 g/mol. The summed E-state index contributed by atoms with van der Waals surface area (Å²) in [5, 5.41) is 16.8. The molecule has 106 valence electrons. The van der Waals surface area contributed by atoms with E-state index in [0.717, 1.165) is 11.4 Å². The normalized spacial score (nSPS) is 11.9. The topological polar surface area (TPSA) is 119 Å². The largest absolute Gasteiger partial charge is 0.361 e. The number of hydrogen-bond donors (Lipinski definition) is 3. The van der Waals surface area contributed by atoms with Gasteiger partial charge in [-0.1, -0.05) is 6.92 Å². The number of rotatable bonds is 6. The summed E-state index contributed by atoms with van der Waals surface area (Å²) in [5.41, 5.74) is 2.24. The Morgan fingerprint density at radius 1 is 1.50 bits per heavy atom. The summed E-state index contributed by atoms with van der Waals surface area (Å²) in [7, 11) is 0. The molecule has 2 aromatic rings. The number of anilines is 2. The number of hydrogen-bond acceptors (Lipinski definition) is 8. The van der Waals surface area contributed by atoms with Gasteiger partial charge in [-0.25, -0.2) is 15.8 Å². The van der Waals surface area contributed by atoms with E-state index in [4.69, 9.17) is 5.84 Å². The number of nitrogens with one attached hydrogen (secondary N) is 2. The molecule has 2 rings (SSSR count). The number of nitrogens with two attached hydrogens (primary N) is 1. The number of nitrogen functional groups attached to an aromatic ring is 1. The van der Waals surface area contributed by atoms with Crippen LogP contribution in [0.2, 0.25) is 0 Å². The number of aromatic nitrogens is 2. The molecule has 0 aliphatic heterocycles. The van der Waals surface area contributed by atoms with Gasteiger partial charge in [0.2, 0.25) is 0 Å². The van der Waals surface area contributed by atoms with Gasteiger partial charge in [0.25, 0.3) is 5.69 Å². The van der Waals surface area contributed by atoms with E-state index >= 15 is 0 Å². The zero-order chi connectivity index (χ0) is 14.5. The molecule has 0 amide bonds. The van der Waals surface area contributed by atoms with Crippen molar-refractivity contribution in [1.82, 2.24) is 9.97 Å². The van der Waals surface area contributed by atoms with E-state index in [9.17, 15) is 10.1 Å². The van der Waals surface area contributed by atoms with Crippen LogP contribution in [0.5, 0.6) is 0 Å². The van der Waals surface area contributed by atoms with Crippen molar-refractivity contribution in [3.8, 4) is 0 Å². The van der Waals surface area contributed by atoms with Crippen LogP contribution in [0.15, 0.2) is 23.7 Å². The molecule has 1 unspecified atom stereocenters. The zero-order valence-corrected chi connectivity index (χ0v) is 11.6. The van der Waals surface area contributed by atoms with Crippen LogP contribution in [0, 0.1) is 10.1 Å². The van der Waals surface area contributed by atoms with Gasteiger partial charge < -0.3 is 10.7 Å². The number of nitrogens with zero attached hydrogens (tertiary/aromatic N) is 3. The van der Waals surface area contributed by atoms with Gasteiger partial charge in [0.1, 0.15) is 16.6 Å². The highest BCUT2D eigenvalue weighted by Gasteiger charge is 2.16. The van der Waals surface area contributed by atoms with Crippen LogP contribution in [0.1, 0.15) is 24.4 Å². The minimum atomic E-state index is -0.488. The molecule has 8 nitrogen and oxygen atoms in total. The minimum Gasteiger partial charge on any atom is -0.361 e. The highest BCUT2D eigenvalue weighted by atomic mass is 32.1. The molecule has 0 saturated carbocycles. The molecule has 2 heterocycles. The lowest BCUT2D eigenvalue weighted by atomic mass is 10.2. The quantitative estimate of drug-likeness (QED) is 0.425. The molecule has 0 spiro atoms. The summed E-state index contributed by atoms with van der Waals surface area (Å²) >= 11 is 1.52. The van der Waals surface area contributed by atoms with Crippen LogP contribution in [0.25, 0.3) is 0 Å². The van der Waals surface area contributed by atoms with Gasteiger partial charge in [-0.05, 0) is 6.42 Å². The molecule has 0 aliphatic rings. The summed E-state index contributed by atoms with van der Waals surface area (Å²) in [6.07, 6.45) is 2.50. The number of pyridine rings is 1. The van der Waals surface area contributed by atoms with Gasteiger partial charge in [-0.3, -0.25) is 10.1 Å². The maximum absolute atomic E-state index is 10.9. The van der Waals surface area contributed by atoms with Gasteiger partial charge in [-0.15, -0.1) is 11.3 Å². The Hall–Kier alpha value is -2.26. The van der Waals surface area contributed by atoms with Crippen molar-refractivity contribution < 1.29 is 4.92 Å². The first-order chi connectivity index (χ1) is 9.63. The molecule has 0 saturated heterocycles. The van der Waals surface area contributed by atoms with E-state index in [-0.39, 0.29) is 17.5 Å². The third-order valence-electron chi connectivity index (χ3n) is 2.65. The van der Waals surface area contributed by atoms with Gasteiger partial charge in [0, 0.05) is 11.6 Å². The van der Waals surface area contributed by atoms with Crippen molar-refractivity contribution >= 4 is 28.7 Å². The Labute approximate surface area is 119 Å². The van der Waals surface area contributed by atoms with Crippen LogP contribution in [-0.4, -0.2) is 14.9 Å². The molecule has 0 bridgehead atoms. The third kappa shape index (κ3) is 3.19. The number of thiazole rings is 1. The monoisotopic (exact) mass is 294 g/mol. The lowest BCUT2D eigenvalue weighted by Crippen LogP contribution is -2.13. The van der Waals surface area contributed by atoms with Gasteiger partial charge in [0.15, 0.2) is 0 Å². The van der Waals surface area contributed by atoms with Gasteiger partial charge in [0.05, 0.1) is 23.1 Å².